The summed E-state index contributed by atoms with van der Waals surface area (Å²) in [6.45, 7) is 0.474. The average Bonchev–Trinajstić information content (AvgIpc) is 2.88. The molecule has 24 heavy (non-hydrogen) atoms. The largest absolute Gasteiger partial charge is 0.497 e. The van der Waals surface area contributed by atoms with Crippen LogP contribution >= 0.6 is 12.2 Å². The van der Waals surface area contributed by atoms with E-state index >= 15 is 0 Å². The minimum atomic E-state index is -0.218. The predicted octanol–water partition coefficient (Wildman–Crippen LogP) is 2.82. The normalized spacial score (nSPS) is 15.7. The number of rotatable bonds is 5. The van der Waals surface area contributed by atoms with E-state index in [1.165, 1.54) is 4.90 Å². The molecule has 0 saturated carbocycles. The van der Waals surface area contributed by atoms with Crippen molar-refractivity contribution in [2.45, 2.75) is 6.42 Å². The molecule has 1 aliphatic heterocycles. The molecule has 1 aromatic carbocycles. The Morgan fingerprint density at radius 1 is 1.21 bits per heavy atom. The second kappa shape index (κ2) is 7.23. The number of carbonyl (C=O) groups excluding carboxylic acids is 1. The van der Waals surface area contributed by atoms with Gasteiger partial charge in [0.25, 0.3) is 11.1 Å². The lowest BCUT2D eigenvalue weighted by Crippen LogP contribution is -2.30. The Balaban J connectivity index is 1.69. The van der Waals surface area contributed by atoms with Gasteiger partial charge in [0.2, 0.25) is 0 Å². The molecule has 2 aromatic rings. The SMILES string of the molecule is COc1ccc(/C=C2\OC(=S)N(CCc3ccncc3)C2=O)cc1. The fourth-order valence-electron chi connectivity index (χ4n) is 2.33. The molecular weight excluding hydrogens is 324 g/mol. The van der Waals surface area contributed by atoms with Gasteiger partial charge in [-0.1, -0.05) is 12.1 Å². The molecule has 2 heterocycles. The van der Waals surface area contributed by atoms with Gasteiger partial charge >= 0.3 is 0 Å². The van der Waals surface area contributed by atoms with E-state index in [2.05, 4.69) is 4.98 Å². The summed E-state index contributed by atoms with van der Waals surface area (Å²) in [6, 6.07) is 11.2. The van der Waals surface area contributed by atoms with Crippen molar-refractivity contribution >= 4 is 29.4 Å². The second-order valence-electron chi connectivity index (χ2n) is 5.21. The highest BCUT2D eigenvalue weighted by atomic mass is 32.1. The van der Waals surface area contributed by atoms with Gasteiger partial charge in [-0.2, -0.15) is 0 Å². The number of pyridine rings is 1. The van der Waals surface area contributed by atoms with Crippen molar-refractivity contribution in [3.8, 4) is 5.75 Å². The maximum Gasteiger partial charge on any atom is 0.297 e. The van der Waals surface area contributed by atoms with Crippen LogP contribution in [0.1, 0.15) is 11.1 Å². The third-order valence-corrected chi connectivity index (χ3v) is 3.96. The number of thiocarbonyl (C=S) groups is 1. The van der Waals surface area contributed by atoms with Crippen molar-refractivity contribution in [3.05, 3.63) is 65.7 Å². The number of hydrogen-bond acceptors (Lipinski definition) is 5. The maximum atomic E-state index is 12.5. The molecule has 0 spiro atoms. The van der Waals surface area contributed by atoms with Crippen LogP contribution in [0.2, 0.25) is 0 Å². The summed E-state index contributed by atoms with van der Waals surface area (Å²) in [5, 5.41) is 0.189. The molecule has 1 amide bonds. The maximum absolute atomic E-state index is 12.5. The van der Waals surface area contributed by atoms with Crippen LogP contribution in [0.25, 0.3) is 6.08 Å². The van der Waals surface area contributed by atoms with Crippen LogP contribution in [0.3, 0.4) is 0 Å². The molecule has 1 aliphatic rings. The number of carbonyl (C=O) groups is 1. The quantitative estimate of drug-likeness (QED) is 0.619. The lowest BCUT2D eigenvalue weighted by atomic mass is 10.2. The van der Waals surface area contributed by atoms with E-state index in [-0.39, 0.29) is 16.8 Å². The van der Waals surface area contributed by atoms with Crippen LogP contribution in [0.15, 0.2) is 54.6 Å². The molecule has 0 atom stereocenters. The number of methoxy groups -OCH3 is 1. The molecule has 0 unspecified atom stereocenters. The molecule has 6 heteroatoms. The Bertz CT molecular complexity index is 773. The van der Waals surface area contributed by atoms with Crippen LogP contribution in [0, 0.1) is 0 Å². The van der Waals surface area contributed by atoms with Gasteiger partial charge in [-0.3, -0.25) is 14.7 Å². The Hall–Kier alpha value is -2.73. The highest BCUT2D eigenvalue weighted by molar-refractivity contribution is 7.80. The van der Waals surface area contributed by atoms with Gasteiger partial charge in [-0.25, -0.2) is 0 Å². The molecule has 0 N–H and O–H groups in total. The summed E-state index contributed by atoms with van der Waals surface area (Å²) in [5.74, 6) is 0.773. The van der Waals surface area contributed by atoms with E-state index < -0.39 is 0 Å². The van der Waals surface area contributed by atoms with Crippen molar-refractivity contribution in [2.24, 2.45) is 0 Å². The Labute approximate surface area is 145 Å². The van der Waals surface area contributed by atoms with E-state index in [1.807, 2.05) is 36.4 Å². The van der Waals surface area contributed by atoms with Gasteiger partial charge in [0.05, 0.1) is 7.11 Å². The molecule has 3 rings (SSSR count). The van der Waals surface area contributed by atoms with Gasteiger partial charge in [0, 0.05) is 18.9 Å². The van der Waals surface area contributed by atoms with Gasteiger partial charge < -0.3 is 9.47 Å². The van der Waals surface area contributed by atoms with Crippen molar-refractivity contribution < 1.29 is 14.3 Å². The van der Waals surface area contributed by atoms with Crippen molar-refractivity contribution in [3.63, 3.8) is 0 Å². The van der Waals surface area contributed by atoms with Crippen molar-refractivity contribution in [1.82, 2.24) is 9.88 Å². The van der Waals surface area contributed by atoms with Crippen molar-refractivity contribution in [1.29, 1.82) is 0 Å². The average molecular weight is 340 g/mol. The summed E-state index contributed by atoms with van der Waals surface area (Å²) in [6.07, 6.45) is 5.82. The fourth-order valence-corrected chi connectivity index (χ4v) is 2.60. The number of aromatic nitrogens is 1. The van der Waals surface area contributed by atoms with Gasteiger partial charge in [0.15, 0.2) is 5.76 Å². The Morgan fingerprint density at radius 2 is 1.92 bits per heavy atom. The summed E-state index contributed by atoms with van der Waals surface area (Å²) >= 11 is 5.18. The number of amides is 1. The molecular formula is C18H16N2O3S. The number of nitrogens with zero attached hydrogens (tertiary/aromatic N) is 2. The molecule has 122 valence electrons. The standard InChI is InChI=1S/C18H16N2O3S/c1-22-15-4-2-14(3-5-15)12-16-17(21)20(18(24)23-16)11-8-13-6-9-19-10-7-13/h2-7,9-10,12H,8,11H2,1H3/b16-12-. The summed E-state index contributed by atoms with van der Waals surface area (Å²) < 4.78 is 10.6. The first kappa shape index (κ1) is 16.1. The first-order chi connectivity index (χ1) is 11.7. The molecule has 1 aromatic heterocycles. The molecule has 1 fully saturated rings. The van der Waals surface area contributed by atoms with E-state index in [0.29, 0.717) is 13.0 Å². The van der Waals surface area contributed by atoms with Crippen molar-refractivity contribution in [2.75, 3.05) is 13.7 Å². The summed E-state index contributed by atoms with van der Waals surface area (Å²) in [5.41, 5.74) is 1.94. The zero-order chi connectivity index (χ0) is 16.9. The topological polar surface area (TPSA) is 51.7 Å². The van der Waals surface area contributed by atoms with E-state index in [4.69, 9.17) is 21.7 Å². The third kappa shape index (κ3) is 3.60. The second-order valence-corrected chi connectivity index (χ2v) is 5.56. The van der Waals surface area contributed by atoms with E-state index in [1.54, 1.807) is 25.6 Å². The highest BCUT2D eigenvalue weighted by Gasteiger charge is 2.32. The summed E-state index contributed by atoms with van der Waals surface area (Å²) in [7, 11) is 1.61. The van der Waals surface area contributed by atoms with Crippen LogP contribution < -0.4 is 4.74 Å². The first-order valence-corrected chi connectivity index (χ1v) is 7.86. The smallest absolute Gasteiger partial charge is 0.297 e. The number of hydrogen-bond donors (Lipinski definition) is 0. The summed E-state index contributed by atoms with van der Waals surface area (Å²) in [4.78, 5) is 17.9. The number of benzene rings is 1. The fraction of sp³-hybridized carbons (Fsp3) is 0.167. The first-order valence-electron chi connectivity index (χ1n) is 7.45. The molecule has 0 radical (unpaired) electrons. The minimum absolute atomic E-state index is 0.189. The molecule has 0 bridgehead atoms. The van der Waals surface area contributed by atoms with Gasteiger partial charge in [-0.15, -0.1) is 0 Å². The molecule has 0 aliphatic carbocycles. The van der Waals surface area contributed by atoms with Crippen LogP contribution in [-0.2, 0) is 16.0 Å². The third-order valence-electron chi connectivity index (χ3n) is 3.66. The molecule has 1 saturated heterocycles. The lowest BCUT2D eigenvalue weighted by molar-refractivity contribution is -0.122. The zero-order valence-electron chi connectivity index (χ0n) is 13.1. The highest BCUT2D eigenvalue weighted by Crippen LogP contribution is 2.21. The van der Waals surface area contributed by atoms with E-state index in [9.17, 15) is 4.79 Å². The molecule has 5 nitrogen and oxygen atoms in total. The number of ether oxygens (including phenoxy) is 2. The predicted molar refractivity (Wildman–Crippen MR) is 94.3 cm³/mol. The zero-order valence-corrected chi connectivity index (χ0v) is 14.0. The van der Waals surface area contributed by atoms with Crippen LogP contribution in [-0.4, -0.2) is 34.6 Å². The van der Waals surface area contributed by atoms with Crippen LogP contribution in [0.4, 0.5) is 0 Å². The van der Waals surface area contributed by atoms with E-state index in [0.717, 1.165) is 16.9 Å². The minimum Gasteiger partial charge on any atom is -0.497 e. The van der Waals surface area contributed by atoms with Gasteiger partial charge in [0.1, 0.15) is 5.75 Å². The Morgan fingerprint density at radius 3 is 2.58 bits per heavy atom. The van der Waals surface area contributed by atoms with Crippen LogP contribution in [0.5, 0.6) is 5.75 Å². The van der Waals surface area contributed by atoms with Gasteiger partial charge in [-0.05, 0) is 60.1 Å². The Kier molecular flexibility index (Phi) is 4.86. The monoisotopic (exact) mass is 340 g/mol. The lowest BCUT2D eigenvalue weighted by Gasteiger charge is -2.11.